The molecule has 1 aromatic heterocycles. The Morgan fingerprint density at radius 3 is 2.42 bits per heavy atom. The van der Waals surface area contributed by atoms with Gasteiger partial charge in [-0.2, -0.15) is 0 Å². The zero-order valence-corrected chi connectivity index (χ0v) is 14.3. The molecular formula is C21H19N3O2. The van der Waals surface area contributed by atoms with Crippen LogP contribution >= 0.6 is 0 Å². The fraction of sp³-hybridized carbons (Fsp3) is 0.0952. The Hall–Kier alpha value is -3.31. The Labute approximate surface area is 151 Å². The van der Waals surface area contributed by atoms with Gasteiger partial charge in [0.05, 0.1) is 11.0 Å². The van der Waals surface area contributed by atoms with Gasteiger partial charge in [-0.1, -0.05) is 30.3 Å². The summed E-state index contributed by atoms with van der Waals surface area (Å²) in [5.74, 6) is 2.01. The van der Waals surface area contributed by atoms with Crippen LogP contribution in [-0.2, 0) is 0 Å². The highest BCUT2D eigenvalue weighted by molar-refractivity contribution is 5.79. The molecule has 0 radical (unpaired) electrons. The zero-order chi connectivity index (χ0) is 17.9. The predicted molar refractivity (Wildman–Crippen MR) is 103 cm³/mol. The Balaban J connectivity index is 1.55. The van der Waals surface area contributed by atoms with E-state index in [1.165, 1.54) is 0 Å². The molecular weight excluding hydrogens is 326 g/mol. The number of ether oxygens (including phenoxy) is 1. The van der Waals surface area contributed by atoms with Crippen molar-refractivity contribution in [2.75, 3.05) is 12.4 Å². The molecule has 5 heteroatoms. The number of fused-ring (bicyclic) bond motifs is 1. The van der Waals surface area contributed by atoms with E-state index in [1.807, 2.05) is 79.8 Å². The van der Waals surface area contributed by atoms with Crippen molar-refractivity contribution in [1.29, 1.82) is 0 Å². The van der Waals surface area contributed by atoms with Crippen LogP contribution in [0, 0.1) is 0 Å². The van der Waals surface area contributed by atoms with E-state index in [4.69, 9.17) is 4.74 Å². The van der Waals surface area contributed by atoms with E-state index in [2.05, 4.69) is 15.3 Å². The van der Waals surface area contributed by atoms with Gasteiger partial charge in [0.15, 0.2) is 0 Å². The summed E-state index contributed by atoms with van der Waals surface area (Å²) in [5, 5.41) is 13.7. The van der Waals surface area contributed by atoms with Crippen molar-refractivity contribution in [2.45, 2.75) is 6.10 Å². The lowest BCUT2D eigenvalue weighted by Gasteiger charge is -2.10. The Bertz CT molecular complexity index is 1010. The molecule has 0 spiro atoms. The minimum Gasteiger partial charge on any atom is -0.457 e. The SMILES string of the molecule is CNc1ccc2nc(C(O)c3ccc(Oc4ccccc4)cc3)[nH]c2c1. The van der Waals surface area contributed by atoms with Gasteiger partial charge in [0.2, 0.25) is 0 Å². The Morgan fingerprint density at radius 1 is 0.962 bits per heavy atom. The lowest BCUT2D eigenvalue weighted by atomic mass is 10.1. The Morgan fingerprint density at radius 2 is 1.69 bits per heavy atom. The summed E-state index contributed by atoms with van der Waals surface area (Å²) in [6, 6.07) is 22.8. The predicted octanol–water partition coefficient (Wildman–Crippen LogP) is 4.48. The third kappa shape index (κ3) is 3.25. The second kappa shape index (κ2) is 6.90. The average molecular weight is 345 g/mol. The number of rotatable bonds is 5. The van der Waals surface area contributed by atoms with E-state index in [0.29, 0.717) is 5.82 Å². The molecule has 0 fully saturated rings. The van der Waals surface area contributed by atoms with Gasteiger partial charge >= 0.3 is 0 Å². The normalized spacial score (nSPS) is 12.1. The number of hydrogen-bond acceptors (Lipinski definition) is 4. The Kier molecular flexibility index (Phi) is 4.29. The van der Waals surface area contributed by atoms with Crippen LogP contribution in [0.2, 0.25) is 0 Å². The first-order valence-corrected chi connectivity index (χ1v) is 8.41. The topological polar surface area (TPSA) is 70.2 Å². The lowest BCUT2D eigenvalue weighted by Crippen LogP contribution is -2.01. The number of H-pyrrole nitrogens is 1. The number of aliphatic hydroxyl groups excluding tert-OH is 1. The summed E-state index contributed by atoms with van der Waals surface area (Å²) in [6.45, 7) is 0. The largest absolute Gasteiger partial charge is 0.457 e. The molecule has 0 saturated carbocycles. The van der Waals surface area contributed by atoms with Crippen LogP contribution in [-0.4, -0.2) is 22.1 Å². The van der Waals surface area contributed by atoms with Gasteiger partial charge in [0.1, 0.15) is 23.4 Å². The fourth-order valence-electron chi connectivity index (χ4n) is 2.82. The van der Waals surface area contributed by atoms with E-state index in [9.17, 15) is 5.11 Å². The van der Waals surface area contributed by atoms with Gasteiger partial charge in [-0.15, -0.1) is 0 Å². The molecule has 0 amide bonds. The van der Waals surface area contributed by atoms with Crippen molar-refractivity contribution in [3.05, 3.63) is 84.2 Å². The van der Waals surface area contributed by atoms with Crippen molar-refractivity contribution in [2.24, 2.45) is 0 Å². The molecule has 1 heterocycles. The molecule has 26 heavy (non-hydrogen) atoms. The third-order valence-corrected chi connectivity index (χ3v) is 4.22. The van der Waals surface area contributed by atoms with Gasteiger partial charge in [-0.25, -0.2) is 4.98 Å². The second-order valence-electron chi connectivity index (χ2n) is 5.99. The molecule has 3 aromatic carbocycles. The van der Waals surface area contributed by atoms with Crippen LogP contribution in [0.1, 0.15) is 17.5 Å². The van der Waals surface area contributed by atoms with Crippen LogP contribution in [0.3, 0.4) is 0 Å². The number of aromatic amines is 1. The minimum absolute atomic E-state index is 0.519. The van der Waals surface area contributed by atoms with Crippen LogP contribution in [0.4, 0.5) is 5.69 Å². The maximum atomic E-state index is 10.6. The number of anilines is 1. The molecule has 4 aromatic rings. The number of nitrogens with one attached hydrogen (secondary N) is 2. The maximum Gasteiger partial charge on any atom is 0.140 e. The number of aromatic nitrogens is 2. The first-order chi connectivity index (χ1) is 12.7. The standard InChI is InChI=1S/C21H19N3O2/c1-22-15-9-12-18-19(13-15)24-21(23-18)20(25)14-7-10-17(11-8-14)26-16-5-3-2-4-6-16/h2-13,20,22,25H,1H3,(H,23,24). The molecule has 0 aliphatic rings. The van der Waals surface area contributed by atoms with Gasteiger partial charge in [0.25, 0.3) is 0 Å². The van der Waals surface area contributed by atoms with Crippen LogP contribution in [0.15, 0.2) is 72.8 Å². The molecule has 1 unspecified atom stereocenters. The summed E-state index contributed by atoms with van der Waals surface area (Å²) in [7, 11) is 1.87. The summed E-state index contributed by atoms with van der Waals surface area (Å²) < 4.78 is 5.78. The average Bonchev–Trinajstić information content (AvgIpc) is 3.12. The molecule has 5 nitrogen and oxygen atoms in total. The number of aliphatic hydroxyl groups is 1. The van der Waals surface area contributed by atoms with Gasteiger partial charge in [-0.05, 0) is 48.0 Å². The van der Waals surface area contributed by atoms with Gasteiger partial charge in [-0.3, -0.25) is 0 Å². The highest BCUT2D eigenvalue weighted by atomic mass is 16.5. The van der Waals surface area contributed by atoms with E-state index in [1.54, 1.807) is 0 Å². The van der Waals surface area contributed by atoms with Crippen molar-refractivity contribution in [3.8, 4) is 11.5 Å². The molecule has 0 aliphatic heterocycles. The second-order valence-corrected chi connectivity index (χ2v) is 5.99. The first kappa shape index (κ1) is 16.2. The molecule has 3 N–H and O–H groups in total. The van der Waals surface area contributed by atoms with Crippen molar-refractivity contribution < 1.29 is 9.84 Å². The lowest BCUT2D eigenvalue weighted by molar-refractivity contribution is 0.211. The van der Waals surface area contributed by atoms with E-state index >= 15 is 0 Å². The molecule has 0 bridgehead atoms. The summed E-state index contributed by atoms with van der Waals surface area (Å²) in [4.78, 5) is 7.68. The van der Waals surface area contributed by atoms with Crippen molar-refractivity contribution in [3.63, 3.8) is 0 Å². The summed E-state index contributed by atoms with van der Waals surface area (Å²) in [5.41, 5.74) is 3.44. The molecule has 4 rings (SSSR count). The number of para-hydroxylation sites is 1. The molecule has 130 valence electrons. The highest BCUT2D eigenvalue weighted by Crippen LogP contribution is 2.27. The van der Waals surface area contributed by atoms with Crippen molar-refractivity contribution in [1.82, 2.24) is 9.97 Å². The quantitative estimate of drug-likeness (QED) is 0.499. The first-order valence-electron chi connectivity index (χ1n) is 8.41. The monoisotopic (exact) mass is 345 g/mol. The van der Waals surface area contributed by atoms with E-state index in [0.717, 1.165) is 33.8 Å². The number of imidazole rings is 1. The molecule has 1 atom stereocenters. The van der Waals surface area contributed by atoms with Gasteiger partial charge in [0, 0.05) is 12.7 Å². The van der Waals surface area contributed by atoms with Crippen LogP contribution in [0.5, 0.6) is 11.5 Å². The summed E-state index contributed by atoms with van der Waals surface area (Å²) in [6.07, 6.45) is -0.828. The number of benzene rings is 3. The minimum atomic E-state index is -0.828. The summed E-state index contributed by atoms with van der Waals surface area (Å²) >= 11 is 0. The molecule has 0 saturated heterocycles. The van der Waals surface area contributed by atoms with Gasteiger partial charge < -0.3 is 20.1 Å². The van der Waals surface area contributed by atoms with E-state index in [-0.39, 0.29) is 0 Å². The molecule has 0 aliphatic carbocycles. The van der Waals surface area contributed by atoms with Crippen molar-refractivity contribution >= 4 is 16.7 Å². The maximum absolute atomic E-state index is 10.6. The van der Waals surface area contributed by atoms with E-state index < -0.39 is 6.10 Å². The van der Waals surface area contributed by atoms with Crippen LogP contribution in [0.25, 0.3) is 11.0 Å². The third-order valence-electron chi connectivity index (χ3n) is 4.22. The number of nitrogens with zero attached hydrogens (tertiary/aromatic N) is 1. The number of hydrogen-bond donors (Lipinski definition) is 3. The zero-order valence-electron chi connectivity index (χ0n) is 14.3. The highest BCUT2D eigenvalue weighted by Gasteiger charge is 2.15. The van der Waals surface area contributed by atoms with Crippen LogP contribution < -0.4 is 10.1 Å². The fourth-order valence-corrected chi connectivity index (χ4v) is 2.82. The smallest absolute Gasteiger partial charge is 0.140 e.